The Hall–Kier alpha value is -2.30. The molecule has 2 aromatic rings. The topological polar surface area (TPSA) is 64.2 Å². The Morgan fingerprint density at radius 3 is 2.76 bits per heavy atom. The molecule has 0 bridgehead atoms. The molecule has 0 saturated carbocycles. The maximum Gasteiger partial charge on any atom is 0.253 e. The van der Waals surface area contributed by atoms with Crippen LogP contribution in [0.15, 0.2) is 36.7 Å². The molecular formula is C12H14N4O. The molecule has 1 amide bonds. The van der Waals surface area contributed by atoms with E-state index in [0.29, 0.717) is 16.9 Å². The molecule has 2 N–H and O–H groups in total. The summed E-state index contributed by atoms with van der Waals surface area (Å²) in [7, 11) is 3.43. The fraction of sp³-hybridized carbons (Fsp3) is 0.167. The number of rotatable bonds is 2. The molecule has 88 valence electrons. The van der Waals surface area contributed by atoms with Crippen molar-refractivity contribution in [2.75, 3.05) is 19.8 Å². The van der Waals surface area contributed by atoms with Crippen molar-refractivity contribution >= 4 is 11.6 Å². The van der Waals surface area contributed by atoms with Gasteiger partial charge >= 0.3 is 0 Å². The third-order valence-electron chi connectivity index (χ3n) is 2.43. The Bertz CT molecular complexity index is 531. The molecule has 5 nitrogen and oxygen atoms in total. The van der Waals surface area contributed by atoms with E-state index in [1.54, 1.807) is 55.4 Å². The smallest absolute Gasteiger partial charge is 0.253 e. The normalized spacial score (nSPS) is 10.2. The third-order valence-corrected chi connectivity index (χ3v) is 2.43. The van der Waals surface area contributed by atoms with E-state index in [0.717, 1.165) is 0 Å². The molecule has 17 heavy (non-hydrogen) atoms. The van der Waals surface area contributed by atoms with Crippen molar-refractivity contribution in [2.24, 2.45) is 0 Å². The standard InChI is InChI=1S/C12H14N4O/c1-15(2)12(17)9-4-5-10(13)11(8-9)16-7-3-6-14-16/h3-8H,13H2,1-2H3. The molecule has 0 aliphatic carbocycles. The summed E-state index contributed by atoms with van der Waals surface area (Å²) in [6.07, 6.45) is 3.45. The monoisotopic (exact) mass is 230 g/mol. The van der Waals surface area contributed by atoms with Crippen LogP contribution >= 0.6 is 0 Å². The molecule has 0 saturated heterocycles. The van der Waals surface area contributed by atoms with Gasteiger partial charge in [-0.2, -0.15) is 5.10 Å². The van der Waals surface area contributed by atoms with E-state index in [-0.39, 0.29) is 5.91 Å². The lowest BCUT2D eigenvalue weighted by atomic mass is 10.1. The van der Waals surface area contributed by atoms with Crippen molar-refractivity contribution in [1.82, 2.24) is 14.7 Å². The summed E-state index contributed by atoms with van der Waals surface area (Å²) in [5.74, 6) is -0.0570. The van der Waals surface area contributed by atoms with Crippen LogP contribution in [0, 0.1) is 0 Å². The van der Waals surface area contributed by atoms with Crippen LogP contribution in [0.2, 0.25) is 0 Å². The van der Waals surface area contributed by atoms with Crippen LogP contribution in [0.4, 0.5) is 5.69 Å². The fourth-order valence-electron chi connectivity index (χ4n) is 1.54. The number of carbonyl (C=O) groups is 1. The summed E-state index contributed by atoms with van der Waals surface area (Å²) in [6.45, 7) is 0. The van der Waals surface area contributed by atoms with Crippen LogP contribution in [0.1, 0.15) is 10.4 Å². The van der Waals surface area contributed by atoms with E-state index < -0.39 is 0 Å². The van der Waals surface area contributed by atoms with E-state index in [2.05, 4.69) is 5.10 Å². The second kappa shape index (κ2) is 4.29. The molecule has 0 spiro atoms. The molecular weight excluding hydrogens is 216 g/mol. The second-order valence-corrected chi connectivity index (χ2v) is 3.92. The van der Waals surface area contributed by atoms with Crippen LogP contribution in [0.5, 0.6) is 0 Å². The van der Waals surface area contributed by atoms with Crippen molar-refractivity contribution in [3.8, 4) is 5.69 Å². The molecule has 0 atom stereocenters. The SMILES string of the molecule is CN(C)C(=O)c1ccc(N)c(-n2cccn2)c1. The number of nitrogen functional groups attached to an aromatic ring is 1. The number of carbonyl (C=O) groups excluding carboxylic acids is 1. The minimum absolute atomic E-state index is 0.0570. The lowest BCUT2D eigenvalue weighted by Gasteiger charge is -2.12. The van der Waals surface area contributed by atoms with Gasteiger partial charge < -0.3 is 10.6 Å². The zero-order valence-electron chi connectivity index (χ0n) is 9.79. The fourth-order valence-corrected chi connectivity index (χ4v) is 1.54. The number of aromatic nitrogens is 2. The van der Waals surface area contributed by atoms with Gasteiger partial charge in [0.2, 0.25) is 0 Å². The van der Waals surface area contributed by atoms with E-state index in [1.165, 1.54) is 4.90 Å². The van der Waals surface area contributed by atoms with Gasteiger partial charge in [-0.05, 0) is 24.3 Å². The highest BCUT2D eigenvalue weighted by Gasteiger charge is 2.11. The predicted octanol–water partition coefficient (Wildman–Crippen LogP) is 1.16. The molecule has 1 heterocycles. The molecule has 2 rings (SSSR count). The van der Waals surface area contributed by atoms with Gasteiger partial charge in [0.15, 0.2) is 0 Å². The van der Waals surface area contributed by atoms with Crippen LogP contribution in [-0.4, -0.2) is 34.7 Å². The zero-order chi connectivity index (χ0) is 12.4. The average Bonchev–Trinajstić information content (AvgIpc) is 2.82. The summed E-state index contributed by atoms with van der Waals surface area (Å²) in [5, 5.41) is 4.10. The predicted molar refractivity (Wildman–Crippen MR) is 66.0 cm³/mol. The zero-order valence-corrected chi connectivity index (χ0v) is 9.79. The lowest BCUT2D eigenvalue weighted by Crippen LogP contribution is -2.22. The molecule has 0 radical (unpaired) electrons. The van der Waals surface area contributed by atoms with E-state index in [1.807, 2.05) is 0 Å². The minimum Gasteiger partial charge on any atom is -0.397 e. The highest BCUT2D eigenvalue weighted by Crippen LogP contribution is 2.18. The van der Waals surface area contributed by atoms with Gasteiger partial charge in [-0.15, -0.1) is 0 Å². The third kappa shape index (κ3) is 2.13. The number of anilines is 1. The summed E-state index contributed by atoms with van der Waals surface area (Å²) in [6, 6.07) is 6.98. The quantitative estimate of drug-likeness (QED) is 0.787. The number of hydrogen-bond acceptors (Lipinski definition) is 3. The summed E-state index contributed by atoms with van der Waals surface area (Å²) >= 11 is 0. The minimum atomic E-state index is -0.0570. The Balaban J connectivity index is 2.47. The van der Waals surface area contributed by atoms with Crippen molar-refractivity contribution in [2.45, 2.75) is 0 Å². The van der Waals surface area contributed by atoms with Crippen LogP contribution in [0.3, 0.4) is 0 Å². The molecule has 0 aliphatic heterocycles. The Morgan fingerprint density at radius 2 is 2.18 bits per heavy atom. The maximum absolute atomic E-state index is 11.8. The molecule has 1 aromatic carbocycles. The first-order valence-corrected chi connectivity index (χ1v) is 5.21. The number of benzene rings is 1. The van der Waals surface area contributed by atoms with Gasteiger partial charge in [0, 0.05) is 32.1 Å². The van der Waals surface area contributed by atoms with Gasteiger partial charge in [-0.25, -0.2) is 4.68 Å². The van der Waals surface area contributed by atoms with Crippen molar-refractivity contribution < 1.29 is 4.79 Å². The summed E-state index contributed by atoms with van der Waals surface area (Å²) in [4.78, 5) is 13.4. The van der Waals surface area contributed by atoms with Crippen LogP contribution in [0.25, 0.3) is 5.69 Å². The summed E-state index contributed by atoms with van der Waals surface area (Å²) < 4.78 is 1.64. The van der Waals surface area contributed by atoms with E-state index in [4.69, 9.17) is 5.73 Å². The number of amides is 1. The Labute approximate surface area is 99.5 Å². The molecule has 0 aliphatic rings. The van der Waals surface area contributed by atoms with Crippen molar-refractivity contribution in [1.29, 1.82) is 0 Å². The lowest BCUT2D eigenvalue weighted by molar-refractivity contribution is 0.0827. The van der Waals surface area contributed by atoms with Gasteiger partial charge in [0.1, 0.15) is 0 Å². The highest BCUT2D eigenvalue weighted by molar-refractivity contribution is 5.95. The van der Waals surface area contributed by atoms with E-state index in [9.17, 15) is 4.79 Å². The molecule has 0 fully saturated rings. The first-order chi connectivity index (χ1) is 8.09. The Morgan fingerprint density at radius 1 is 1.41 bits per heavy atom. The van der Waals surface area contributed by atoms with Crippen molar-refractivity contribution in [3.05, 3.63) is 42.2 Å². The number of hydrogen-bond donors (Lipinski definition) is 1. The van der Waals surface area contributed by atoms with E-state index >= 15 is 0 Å². The van der Waals surface area contributed by atoms with Gasteiger partial charge in [0.25, 0.3) is 5.91 Å². The van der Waals surface area contributed by atoms with Gasteiger partial charge in [-0.3, -0.25) is 4.79 Å². The molecule has 1 aromatic heterocycles. The first kappa shape index (κ1) is 11.2. The largest absolute Gasteiger partial charge is 0.397 e. The molecule has 5 heteroatoms. The maximum atomic E-state index is 11.8. The van der Waals surface area contributed by atoms with Crippen LogP contribution < -0.4 is 5.73 Å². The number of nitrogens with two attached hydrogens (primary N) is 1. The second-order valence-electron chi connectivity index (χ2n) is 3.92. The van der Waals surface area contributed by atoms with Gasteiger partial charge in [-0.1, -0.05) is 0 Å². The first-order valence-electron chi connectivity index (χ1n) is 5.21. The van der Waals surface area contributed by atoms with Crippen molar-refractivity contribution in [3.63, 3.8) is 0 Å². The van der Waals surface area contributed by atoms with Gasteiger partial charge in [0.05, 0.1) is 11.4 Å². The average molecular weight is 230 g/mol. The Kier molecular flexibility index (Phi) is 2.82. The summed E-state index contributed by atoms with van der Waals surface area (Å²) in [5.41, 5.74) is 7.76. The molecule has 0 unspecified atom stereocenters. The highest BCUT2D eigenvalue weighted by atomic mass is 16.2. The number of nitrogens with zero attached hydrogens (tertiary/aromatic N) is 3. The van der Waals surface area contributed by atoms with Crippen LogP contribution in [-0.2, 0) is 0 Å².